The zero-order valence-corrected chi connectivity index (χ0v) is 13.0. The molecule has 2 nitrogen and oxygen atoms in total. The van der Waals surface area contributed by atoms with E-state index in [1.165, 1.54) is 5.56 Å². The highest BCUT2D eigenvalue weighted by Crippen LogP contribution is 2.21. The van der Waals surface area contributed by atoms with E-state index in [9.17, 15) is 0 Å². The van der Waals surface area contributed by atoms with Crippen LogP contribution in [0.2, 0.25) is 5.02 Å². The van der Waals surface area contributed by atoms with E-state index < -0.39 is 0 Å². The number of benzene rings is 2. The Bertz CT molecular complexity index is 560. The molecular weight excluding hydrogens is 326 g/mol. The van der Waals surface area contributed by atoms with Crippen LogP contribution >= 0.6 is 27.5 Å². The van der Waals surface area contributed by atoms with Gasteiger partial charge in [0, 0.05) is 21.7 Å². The summed E-state index contributed by atoms with van der Waals surface area (Å²) in [7, 11) is 0. The third-order valence-corrected chi connectivity index (χ3v) is 3.78. The first-order valence-corrected chi connectivity index (χ1v) is 7.20. The van der Waals surface area contributed by atoms with Crippen molar-refractivity contribution in [3.8, 4) is 5.75 Å². The Labute approximate surface area is 126 Å². The van der Waals surface area contributed by atoms with Crippen LogP contribution in [0.15, 0.2) is 46.9 Å². The van der Waals surface area contributed by atoms with E-state index in [4.69, 9.17) is 16.3 Å². The molecule has 0 aliphatic heterocycles. The quantitative estimate of drug-likeness (QED) is 0.782. The summed E-state index contributed by atoms with van der Waals surface area (Å²) in [6.45, 7) is 3.38. The highest BCUT2D eigenvalue weighted by Gasteiger charge is 1.98. The Morgan fingerprint density at radius 1 is 1.21 bits per heavy atom. The smallest absolute Gasteiger partial charge is 0.119 e. The van der Waals surface area contributed by atoms with E-state index in [1.807, 2.05) is 49.4 Å². The van der Waals surface area contributed by atoms with Gasteiger partial charge in [-0.25, -0.2) is 0 Å². The summed E-state index contributed by atoms with van der Waals surface area (Å²) in [5.74, 6) is 0.883. The van der Waals surface area contributed by atoms with Crippen LogP contribution in [0.5, 0.6) is 5.75 Å². The van der Waals surface area contributed by atoms with Gasteiger partial charge in [0.1, 0.15) is 12.4 Å². The highest BCUT2D eigenvalue weighted by atomic mass is 79.9. The van der Waals surface area contributed by atoms with Gasteiger partial charge >= 0.3 is 0 Å². The third-order valence-electron chi connectivity index (χ3n) is 2.65. The maximum Gasteiger partial charge on any atom is 0.119 e. The van der Waals surface area contributed by atoms with Crippen LogP contribution in [0.3, 0.4) is 0 Å². The minimum Gasteiger partial charge on any atom is -0.492 e. The first-order chi connectivity index (χ1) is 9.15. The van der Waals surface area contributed by atoms with Gasteiger partial charge in [-0.2, -0.15) is 0 Å². The molecule has 2 rings (SSSR count). The Kier molecular flexibility index (Phi) is 5.11. The largest absolute Gasteiger partial charge is 0.492 e. The normalized spacial score (nSPS) is 10.3. The zero-order valence-electron chi connectivity index (χ0n) is 10.6. The molecule has 1 N–H and O–H groups in total. The van der Waals surface area contributed by atoms with Crippen molar-refractivity contribution in [2.45, 2.75) is 6.92 Å². The molecule has 0 spiro atoms. The van der Waals surface area contributed by atoms with Gasteiger partial charge in [0.15, 0.2) is 0 Å². The monoisotopic (exact) mass is 339 g/mol. The van der Waals surface area contributed by atoms with Crippen LogP contribution in [-0.4, -0.2) is 13.2 Å². The molecule has 0 amide bonds. The molecule has 0 radical (unpaired) electrons. The lowest BCUT2D eigenvalue weighted by atomic mass is 10.2. The molecular formula is C15H15BrClNO. The predicted octanol–water partition coefficient (Wildman–Crippen LogP) is 4.90. The summed E-state index contributed by atoms with van der Waals surface area (Å²) >= 11 is 9.38. The zero-order chi connectivity index (χ0) is 13.7. The van der Waals surface area contributed by atoms with Crippen molar-refractivity contribution in [2.75, 3.05) is 18.5 Å². The molecule has 0 aliphatic carbocycles. The van der Waals surface area contributed by atoms with Crippen molar-refractivity contribution in [3.05, 3.63) is 57.5 Å². The van der Waals surface area contributed by atoms with E-state index >= 15 is 0 Å². The van der Waals surface area contributed by atoms with E-state index in [1.54, 1.807) is 0 Å². The fourth-order valence-electron chi connectivity index (χ4n) is 1.67. The van der Waals surface area contributed by atoms with Gasteiger partial charge in [0.05, 0.1) is 0 Å². The second-order valence-corrected chi connectivity index (χ2v) is 5.49. The Morgan fingerprint density at radius 2 is 2.05 bits per heavy atom. The van der Waals surface area contributed by atoms with Gasteiger partial charge < -0.3 is 10.1 Å². The number of hydrogen-bond acceptors (Lipinski definition) is 2. The molecule has 2 aromatic carbocycles. The Balaban J connectivity index is 1.79. The lowest BCUT2D eigenvalue weighted by Gasteiger charge is -2.09. The van der Waals surface area contributed by atoms with Crippen molar-refractivity contribution in [1.82, 2.24) is 0 Å². The molecule has 100 valence electrons. The number of hydrogen-bond donors (Lipinski definition) is 1. The second kappa shape index (κ2) is 6.83. The van der Waals surface area contributed by atoms with Crippen molar-refractivity contribution in [2.24, 2.45) is 0 Å². The van der Waals surface area contributed by atoms with Gasteiger partial charge in [0.25, 0.3) is 0 Å². The van der Waals surface area contributed by atoms with Gasteiger partial charge in [-0.05, 0) is 48.9 Å². The van der Waals surface area contributed by atoms with E-state index in [0.29, 0.717) is 6.61 Å². The molecule has 4 heteroatoms. The Hall–Kier alpha value is -1.19. The van der Waals surface area contributed by atoms with Crippen molar-refractivity contribution < 1.29 is 4.74 Å². The van der Waals surface area contributed by atoms with Crippen LogP contribution in [0.25, 0.3) is 0 Å². The minimum atomic E-state index is 0.605. The van der Waals surface area contributed by atoms with Gasteiger partial charge in [-0.3, -0.25) is 0 Å². The third kappa shape index (κ3) is 4.44. The van der Waals surface area contributed by atoms with Crippen LogP contribution in [0, 0.1) is 6.92 Å². The molecule has 2 aromatic rings. The van der Waals surface area contributed by atoms with E-state index in [0.717, 1.165) is 27.5 Å². The fourth-order valence-corrected chi connectivity index (χ4v) is 2.11. The minimum absolute atomic E-state index is 0.605. The van der Waals surface area contributed by atoms with Crippen molar-refractivity contribution >= 4 is 33.2 Å². The highest BCUT2D eigenvalue weighted by molar-refractivity contribution is 9.10. The number of anilines is 1. The molecule has 0 bridgehead atoms. The molecule has 0 atom stereocenters. The second-order valence-electron chi connectivity index (χ2n) is 4.20. The van der Waals surface area contributed by atoms with Crippen LogP contribution in [-0.2, 0) is 0 Å². The van der Waals surface area contributed by atoms with E-state index in [-0.39, 0.29) is 0 Å². The van der Waals surface area contributed by atoms with Gasteiger partial charge in [-0.1, -0.05) is 33.6 Å². The Morgan fingerprint density at radius 3 is 2.79 bits per heavy atom. The average Bonchev–Trinajstić information content (AvgIpc) is 2.39. The van der Waals surface area contributed by atoms with Crippen LogP contribution < -0.4 is 10.1 Å². The number of aryl methyl sites for hydroxylation is 1. The molecule has 0 heterocycles. The summed E-state index contributed by atoms with van der Waals surface area (Å²) in [5, 5.41) is 3.99. The number of rotatable bonds is 5. The van der Waals surface area contributed by atoms with E-state index in [2.05, 4.69) is 21.2 Å². The molecule has 0 unspecified atom stereocenters. The number of nitrogens with one attached hydrogen (secondary N) is 1. The summed E-state index contributed by atoms with van der Waals surface area (Å²) in [6, 6.07) is 13.6. The summed E-state index contributed by atoms with van der Waals surface area (Å²) in [5.41, 5.74) is 2.17. The lowest BCUT2D eigenvalue weighted by Crippen LogP contribution is -2.11. The average molecular weight is 341 g/mol. The molecule has 19 heavy (non-hydrogen) atoms. The first-order valence-electron chi connectivity index (χ1n) is 6.03. The molecule has 0 aromatic heterocycles. The van der Waals surface area contributed by atoms with Crippen LogP contribution in [0.1, 0.15) is 5.56 Å². The summed E-state index contributed by atoms with van der Waals surface area (Å²) in [4.78, 5) is 0. The van der Waals surface area contributed by atoms with Crippen molar-refractivity contribution in [3.63, 3.8) is 0 Å². The molecule has 0 fully saturated rings. The lowest BCUT2D eigenvalue weighted by molar-refractivity contribution is 0.332. The fraction of sp³-hybridized carbons (Fsp3) is 0.200. The molecule has 0 saturated carbocycles. The first kappa shape index (κ1) is 14.2. The topological polar surface area (TPSA) is 21.3 Å². The molecule has 0 saturated heterocycles. The SMILES string of the molecule is Cc1cc(OCCNc2cccc(Cl)c2)ccc1Br. The molecule has 0 aliphatic rings. The predicted molar refractivity (Wildman–Crippen MR) is 84.3 cm³/mol. The van der Waals surface area contributed by atoms with Gasteiger partial charge in [0.2, 0.25) is 0 Å². The maximum atomic E-state index is 5.91. The summed E-state index contributed by atoms with van der Waals surface area (Å²) in [6.07, 6.45) is 0. The maximum absolute atomic E-state index is 5.91. The van der Waals surface area contributed by atoms with Crippen molar-refractivity contribution in [1.29, 1.82) is 0 Å². The number of ether oxygens (including phenoxy) is 1. The van der Waals surface area contributed by atoms with Gasteiger partial charge in [-0.15, -0.1) is 0 Å². The van der Waals surface area contributed by atoms with Crippen LogP contribution in [0.4, 0.5) is 5.69 Å². The summed E-state index contributed by atoms with van der Waals surface area (Å²) < 4.78 is 6.77. The number of halogens is 2. The standard InChI is InChI=1S/C15H15BrClNO/c1-11-9-14(5-6-15(11)16)19-8-7-18-13-4-2-3-12(17)10-13/h2-6,9-10,18H,7-8H2,1H3.